The van der Waals surface area contributed by atoms with Gasteiger partial charge < -0.3 is 11.1 Å². The summed E-state index contributed by atoms with van der Waals surface area (Å²) in [5.41, 5.74) is 6.48. The molecule has 0 aliphatic carbocycles. The Balaban J connectivity index is 0.00000264. The summed E-state index contributed by atoms with van der Waals surface area (Å²) >= 11 is 12.2. The number of likely N-dealkylation sites (tertiary alicyclic amines) is 1. The quantitative estimate of drug-likeness (QED) is 0.796. The normalized spacial score (nSPS) is 18.3. The minimum Gasteiger partial charge on any atom is -0.354 e. The van der Waals surface area contributed by atoms with Crippen LogP contribution in [0.15, 0.2) is 18.2 Å². The number of amides is 1. The minimum absolute atomic E-state index is 0. The topological polar surface area (TPSA) is 58.4 Å². The van der Waals surface area contributed by atoms with E-state index in [1.807, 2.05) is 12.1 Å². The maximum atomic E-state index is 11.6. The molecule has 130 valence electrons. The molecule has 1 heterocycles. The molecule has 2 rings (SSSR count). The lowest BCUT2D eigenvalue weighted by molar-refractivity contribution is -0.121. The van der Waals surface area contributed by atoms with E-state index in [2.05, 4.69) is 10.2 Å². The number of nitrogens with zero attached hydrogens (tertiary/aromatic N) is 1. The fourth-order valence-corrected chi connectivity index (χ4v) is 3.29. The Morgan fingerprint density at radius 1 is 1.35 bits per heavy atom. The summed E-state index contributed by atoms with van der Waals surface area (Å²) in [6.07, 6.45) is 3.85. The third kappa shape index (κ3) is 6.48. The predicted molar refractivity (Wildman–Crippen MR) is 98.4 cm³/mol. The average molecular weight is 381 g/mol. The second-order valence-electron chi connectivity index (χ2n) is 5.70. The number of benzene rings is 1. The molecule has 1 aliphatic heterocycles. The van der Waals surface area contributed by atoms with Crippen molar-refractivity contribution in [2.24, 2.45) is 5.73 Å². The van der Waals surface area contributed by atoms with Crippen LogP contribution in [0.1, 0.15) is 31.2 Å². The summed E-state index contributed by atoms with van der Waals surface area (Å²) in [6, 6.07) is 5.97. The van der Waals surface area contributed by atoms with E-state index in [1.54, 1.807) is 6.07 Å². The fraction of sp³-hybridized carbons (Fsp3) is 0.562. The van der Waals surface area contributed by atoms with Crippen molar-refractivity contribution in [3.05, 3.63) is 33.8 Å². The Labute approximate surface area is 154 Å². The Hall–Kier alpha value is -0.520. The molecule has 1 unspecified atom stereocenters. The van der Waals surface area contributed by atoms with Crippen LogP contribution in [0.2, 0.25) is 10.0 Å². The van der Waals surface area contributed by atoms with Crippen LogP contribution in [0, 0.1) is 0 Å². The van der Waals surface area contributed by atoms with Crippen molar-refractivity contribution < 1.29 is 4.79 Å². The van der Waals surface area contributed by atoms with Gasteiger partial charge in [-0.2, -0.15) is 0 Å². The van der Waals surface area contributed by atoms with Gasteiger partial charge in [0, 0.05) is 42.1 Å². The van der Waals surface area contributed by atoms with E-state index in [1.165, 1.54) is 12.8 Å². The number of halogens is 3. The lowest BCUT2D eigenvalue weighted by Gasteiger charge is -2.36. The van der Waals surface area contributed by atoms with Crippen LogP contribution in [0.3, 0.4) is 0 Å². The summed E-state index contributed by atoms with van der Waals surface area (Å²) in [5, 5.41) is 4.33. The molecule has 1 aromatic rings. The van der Waals surface area contributed by atoms with E-state index < -0.39 is 0 Å². The van der Waals surface area contributed by atoms with Gasteiger partial charge in [0.25, 0.3) is 0 Å². The van der Waals surface area contributed by atoms with Crippen molar-refractivity contribution in [1.82, 2.24) is 10.2 Å². The van der Waals surface area contributed by atoms with Crippen LogP contribution in [-0.2, 0) is 11.3 Å². The first kappa shape index (κ1) is 20.5. The first-order chi connectivity index (χ1) is 10.6. The third-order valence-corrected chi connectivity index (χ3v) is 4.63. The number of carbonyl (C=O) groups is 1. The Kier molecular flexibility index (Phi) is 9.25. The lowest BCUT2D eigenvalue weighted by atomic mass is 10.0. The van der Waals surface area contributed by atoms with Crippen LogP contribution >= 0.6 is 35.6 Å². The predicted octanol–water partition coefficient (Wildman–Crippen LogP) is 3.23. The van der Waals surface area contributed by atoms with Crippen LogP contribution in [0.25, 0.3) is 0 Å². The number of nitrogens with one attached hydrogen (secondary N) is 1. The van der Waals surface area contributed by atoms with E-state index in [4.69, 9.17) is 28.9 Å². The maximum absolute atomic E-state index is 11.6. The van der Waals surface area contributed by atoms with Gasteiger partial charge in [0.15, 0.2) is 0 Å². The largest absolute Gasteiger partial charge is 0.354 e. The highest BCUT2D eigenvalue weighted by molar-refractivity contribution is 6.35. The molecular weight excluding hydrogens is 357 g/mol. The van der Waals surface area contributed by atoms with Crippen molar-refractivity contribution in [2.75, 3.05) is 19.6 Å². The number of rotatable bonds is 6. The molecule has 0 aromatic heterocycles. The molecule has 0 spiro atoms. The zero-order valence-corrected chi connectivity index (χ0v) is 15.4. The monoisotopic (exact) mass is 379 g/mol. The number of hydrogen-bond acceptors (Lipinski definition) is 3. The Morgan fingerprint density at radius 3 is 2.83 bits per heavy atom. The highest BCUT2D eigenvalue weighted by Gasteiger charge is 2.23. The smallest absolute Gasteiger partial charge is 0.221 e. The van der Waals surface area contributed by atoms with E-state index >= 15 is 0 Å². The molecule has 1 saturated heterocycles. The third-order valence-electron chi connectivity index (χ3n) is 4.04. The molecule has 1 aromatic carbocycles. The van der Waals surface area contributed by atoms with Gasteiger partial charge in [0.1, 0.15) is 0 Å². The van der Waals surface area contributed by atoms with Gasteiger partial charge in [-0.25, -0.2) is 0 Å². The maximum Gasteiger partial charge on any atom is 0.221 e. The summed E-state index contributed by atoms with van der Waals surface area (Å²) in [6.45, 7) is 2.87. The van der Waals surface area contributed by atoms with Gasteiger partial charge >= 0.3 is 0 Å². The summed E-state index contributed by atoms with van der Waals surface area (Å²) in [4.78, 5) is 14.0. The molecule has 1 amide bonds. The van der Waals surface area contributed by atoms with Crippen LogP contribution in [-0.4, -0.2) is 36.5 Å². The first-order valence-corrected chi connectivity index (χ1v) is 8.50. The summed E-state index contributed by atoms with van der Waals surface area (Å²) in [7, 11) is 0. The van der Waals surface area contributed by atoms with Crippen molar-refractivity contribution in [2.45, 2.75) is 38.3 Å². The molecular formula is C16H24Cl3N3O. The van der Waals surface area contributed by atoms with Gasteiger partial charge in [-0.15, -0.1) is 12.4 Å². The molecule has 0 bridgehead atoms. The minimum atomic E-state index is 0. The molecule has 1 atom stereocenters. The second-order valence-corrected chi connectivity index (χ2v) is 6.54. The molecule has 1 aliphatic rings. The van der Waals surface area contributed by atoms with Gasteiger partial charge in [-0.3, -0.25) is 9.69 Å². The van der Waals surface area contributed by atoms with Crippen LogP contribution in [0.5, 0.6) is 0 Å². The standard InChI is InChI=1S/C16H23Cl2N3O.ClH/c17-13-5-4-12(15(18)9-13)11-21-8-2-1-3-14(21)10-20-16(22)6-7-19;/h4-5,9,14H,1-3,6-8,10-11,19H2,(H,20,22);1H. The molecule has 3 N–H and O–H groups in total. The van der Waals surface area contributed by atoms with Crippen molar-refractivity contribution in [3.8, 4) is 0 Å². The van der Waals surface area contributed by atoms with Crippen LogP contribution < -0.4 is 11.1 Å². The van der Waals surface area contributed by atoms with E-state index in [0.717, 1.165) is 25.1 Å². The molecule has 23 heavy (non-hydrogen) atoms. The van der Waals surface area contributed by atoms with Crippen molar-refractivity contribution in [1.29, 1.82) is 0 Å². The lowest BCUT2D eigenvalue weighted by Crippen LogP contribution is -2.46. The highest BCUT2D eigenvalue weighted by Crippen LogP contribution is 2.25. The van der Waals surface area contributed by atoms with E-state index in [9.17, 15) is 4.79 Å². The second kappa shape index (κ2) is 10.4. The summed E-state index contributed by atoms with van der Waals surface area (Å²) < 4.78 is 0. The SMILES string of the molecule is Cl.NCCC(=O)NCC1CCCCN1Cc1ccc(Cl)cc1Cl. The first-order valence-electron chi connectivity index (χ1n) is 7.75. The Morgan fingerprint density at radius 2 is 2.13 bits per heavy atom. The number of carbonyl (C=O) groups excluding carboxylic acids is 1. The van der Waals surface area contributed by atoms with Crippen molar-refractivity contribution >= 4 is 41.5 Å². The molecule has 4 nitrogen and oxygen atoms in total. The fourth-order valence-electron chi connectivity index (χ4n) is 2.82. The molecule has 0 radical (unpaired) electrons. The zero-order chi connectivity index (χ0) is 15.9. The van der Waals surface area contributed by atoms with Gasteiger partial charge in [0.2, 0.25) is 5.91 Å². The highest BCUT2D eigenvalue weighted by atomic mass is 35.5. The summed E-state index contributed by atoms with van der Waals surface area (Å²) in [5.74, 6) is 0.0255. The van der Waals surface area contributed by atoms with Gasteiger partial charge in [-0.1, -0.05) is 35.7 Å². The van der Waals surface area contributed by atoms with Crippen molar-refractivity contribution in [3.63, 3.8) is 0 Å². The van der Waals surface area contributed by atoms with Crippen LogP contribution in [0.4, 0.5) is 0 Å². The zero-order valence-electron chi connectivity index (χ0n) is 13.1. The van der Waals surface area contributed by atoms with E-state index in [0.29, 0.717) is 35.6 Å². The number of piperidine rings is 1. The molecule has 1 fully saturated rings. The number of hydrogen-bond donors (Lipinski definition) is 2. The average Bonchev–Trinajstić information content (AvgIpc) is 2.49. The molecule has 0 saturated carbocycles. The number of nitrogens with two attached hydrogens (primary N) is 1. The van der Waals surface area contributed by atoms with Gasteiger partial charge in [0.05, 0.1) is 0 Å². The van der Waals surface area contributed by atoms with E-state index in [-0.39, 0.29) is 18.3 Å². The van der Waals surface area contributed by atoms with Gasteiger partial charge in [-0.05, 0) is 37.1 Å². The Bertz CT molecular complexity index is 513. The molecule has 7 heteroatoms.